The topological polar surface area (TPSA) is 52.8 Å². The fraction of sp³-hybridized carbons (Fsp3) is 1.00. The summed E-state index contributed by atoms with van der Waals surface area (Å²) in [6, 6.07) is 0. The lowest BCUT2D eigenvalue weighted by atomic mass is 10.2. The number of epoxide rings is 2. The van der Waals surface area contributed by atoms with Crippen LogP contribution in [0.15, 0.2) is 0 Å². The van der Waals surface area contributed by atoms with Gasteiger partial charge in [-0.05, 0) is 12.8 Å². The van der Waals surface area contributed by atoms with Gasteiger partial charge in [0.15, 0.2) is 0 Å². The predicted octanol–water partition coefficient (Wildman–Crippen LogP) is 0.365. The monoisotopic (exact) mass is 244 g/mol. The first kappa shape index (κ1) is 11.9. The van der Waals surface area contributed by atoms with Crippen LogP contribution in [0.5, 0.6) is 0 Å². The van der Waals surface area contributed by atoms with Gasteiger partial charge >= 0.3 is 0 Å². The summed E-state index contributed by atoms with van der Waals surface area (Å²) in [7, 11) is 0. The van der Waals surface area contributed by atoms with E-state index in [0.29, 0.717) is 38.6 Å². The van der Waals surface area contributed by atoms with E-state index in [2.05, 4.69) is 0 Å². The Morgan fingerprint density at radius 2 is 1.12 bits per heavy atom. The van der Waals surface area contributed by atoms with E-state index < -0.39 is 0 Å². The van der Waals surface area contributed by atoms with Crippen LogP contribution in [0.4, 0.5) is 0 Å². The molecule has 0 aromatic carbocycles. The van der Waals surface area contributed by atoms with Crippen molar-refractivity contribution in [2.24, 2.45) is 0 Å². The molecular weight excluding hydrogens is 224 g/mol. The molecule has 3 rings (SSSR count). The van der Waals surface area contributed by atoms with E-state index in [0.717, 1.165) is 26.1 Å². The van der Waals surface area contributed by atoms with Gasteiger partial charge < -0.3 is 23.7 Å². The molecule has 0 bridgehead atoms. The van der Waals surface area contributed by atoms with Crippen molar-refractivity contribution in [2.75, 3.05) is 39.6 Å². The second-order valence-corrected chi connectivity index (χ2v) is 4.94. The maximum Gasteiger partial charge on any atom is 0.104 e. The van der Waals surface area contributed by atoms with Gasteiger partial charge in [-0.3, -0.25) is 0 Å². The molecule has 3 aliphatic rings. The molecule has 0 spiro atoms. The molecular formula is C12H20O5. The third-order valence-corrected chi connectivity index (χ3v) is 3.22. The highest BCUT2D eigenvalue weighted by molar-refractivity contribution is 4.75. The van der Waals surface area contributed by atoms with E-state index in [-0.39, 0.29) is 12.2 Å². The molecule has 4 unspecified atom stereocenters. The Labute approximate surface area is 101 Å². The molecule has 98 valence electrons. The minimum absolute atomic E-state index is 0.236. The molecule has 17 heavy (non-hydrogen) atoms. The molecule has 0 radical (unpaired) electrons. The molecule has 3 aliphatic heterocycles. The highest BCUT2D eigenvalue weighted by atomic mass is 16.6. The van der Waals surface area contributed by atoms with Crippen molar-refractivity contribution in [3.8, 4) is 0 Å². The second kappa shape index (κ2) is 5.63. The lowest BCUT2D eigenvalue weighted by Gasteiger charge is -2.13. The SMILES string of the molecule is C(OCC1CCC(COCC2CO2)O1)C1CO1. The highest BCUT2D eigenvalue weighted by Gasteiger charge is 2.28. The van der Waals surface area contributed by atoms with Gasteiger partial charge in [-0.2, -0.15) is 0 Å². The number of ether oxygens (including phenoxy) is 5. The first-order valence-electron chi connectivity index (χ1n) is 6.44. The van der Waals surface area contributed by atoms with Crippen LogP contribution in [-0.4, -0.2) is 64.1 Å². The van der Waals surface area contributed by atoms with Gasteiger partial charge in [0.1, 0.15) is 12.2 Å². The van der Waals surface area contributed by atoms with Gasteiger partial charge in [0, 0.05) is 0 Å². The van der Waals surface area contributed by atoms with Crippen LogP contribution in [0.25, 0.3) is 0 Å². The molecule has 0 N–H and O–H groups in total. The quantitative estimate of drug-likeness (QED) is 0.577. The van der Waals surface area contributed by atoms with E-state index >= 15 is 0 Å². The summed E-state index contributed by atoms with van der Waals surface area (Å²) in [4.78, 5) is 0. The molecule has 0 aliphatic carbocycles. The lowest BCUT2D eigenvalue weighted by molar-refractivity contribution is -0.0481. The zero-order valence-electron chi connectivity index (χ0n) is 10.0. The predicted molar refractivity (Wildman–Crippen MR) is 59.0 cm³/mol. The Hall–Kier alpha value is -0.200. The van der Waals surface area contributed by atoms with Crippen molar-refractivity contribution in [3.05, 3.63) is 0 Å². The fourth-order valence-electron chi connectivity index (χ4n) is 2.02. The summed E-state index contributed by atoms with van der Waals surface area (Å²) in [5.41, 5.74) is 0. The molecule has 3 saturated heterocycles. The van der Waals surface area contributed by atoms with Crippen LogP contribution in [0, 0.1) is 0 Å². The Balaban J connectivity index is 1.22. The molecule has 5 heteroatoms. The number of hydrogen-bond acceptors (Lipinski definition) is 5. The molecule has 3 heterocycles. The second-order valence-electron chi connectivity index (χ2n) is 4.94. The largest absolute Gasteiger partial charge is 0.376 e. The van der Waals surface area contributed by atoms with Crippen LogP contribution in [0.3, 0.4) is 0 Å². The van der Waals surface area contributed by atoms with Crippen molar-refractivity contribution >= 4 is 0 Å². The number of hydrogen-bond donors (Lipinski definition) is 0. The molecule has 0 aromatic rings. The van der Waals surface area contributed by atoms with Crippen molar-refractivity contribution in [1.82, 2.24) is 0 Å². The first-order valence-corrected chi connectivity index (χ1v) is 6.44. The van der Waals surface area contributed by atoms with E-state index in [1.165, 1.54) is 0 Å². The van der Waals surface area contributed by atoms with Crippen molar-refractivity contribution in [1.29, 1.82) is 0 Å². The minimum atomic E-state index is 0.236. The van der Waals surface area contributed by atoms with Crippen molar-refractivity contribution in [3.63, 3.8) is 0 Å². The van der Waals surface area contributed by atoms with Gasteiger partial charge in [-0.15, -0.1) is 0 Å². The Morgan fingerprint density at radius 3 is 1.53 bits per heavy atom. The average Bonchev–Trinajstić information content (AvgIpc) is 3.22. The summed E-state index contributed by atoms with van der Waals surface area (Å²) in [6.07, 6.45) is 3.29. The molecule has 3 fully saturated rings. The van der Waals surface area contributed by atoms with Gasteiger partial charge in [-0.1, -0.05) is 0 Å². The van der Waals surface area contributed by atoms with E-state index in [1.807, 2.05) is 0 Å². The maximum atomic E-state index is 5.83. The van der Waals surface area contributed by atoms with Crippen LogP contribution in [0.2, 0.25) is 0 Å². The third-order valence-electron chi connectivity index (χ3n) is 3.22. The zero-order valence-corrected chi connectivity index (χ0v) is 10.0. The van der Waals surface area contributed by atoms with Crippen molar-refractivity contribution < 1.29 is 23.7 Å². The summed E-state index contributed by atoms with van der Waals surface area (Å²) in [5.74, 6) is 0. The van der Waals surface area contributed by atoms with Gasteiger partial charge in [0.2, 0.25) is 0 Å². The summed E-state index contributed by atoms with van der Waals surface area (Å²) in [5, 5.41) is 0. The smallest absolute Gasteiger partial charge is 0.104 e. The molecule has 0 amide bonds. The van der Waals surface area contributed by atoms with Gasteiger partial charge in [-0.25, -0.2) is 0 Å². The number of rotatable bonds is 8. The normalized spacial score (nSPS) is 39.5. The first-order chi connectivity index (χ1) is 8.40. The van der Waals surface area contributed by atoms with E-state index in [1.54, 1.807) is 0 Å². The lowest BCUT2D eigenvalue weighted by Crippen LogP contribution is -2.21. The average molecular weight is 244 g/mol. The van der Waals surface area contributed by atoms with E-state index in [4.69, 9.17) is 23.7 Å². The van der Waals surface area contributed by atoms with Crippen LogP contribution in [0.1, 0.15) is 12.8 Å². The third kappa shape index (κ3) is 4.19. The van der Waals surface area contributed by atoms with Gasteiger partial charge in [0.05, 0.1) is 51.8 Å². The molecule has 5 nitrogen and oxygen atoms in total. The summed E-state index contributed by atoms with van der Waals surface area (Å²) < 4.78 is 27.1. The van der Waals surface area contributed by atoms with E-state index in [9.17, 15) is 0 Å². The summed E-state index contributed by atoms with van der Waals surface area (Å²) in [6.45, 7) is 4.49. The Bertz CT molecular complexity index is 215. The Kier molecular flexibility index (Phi) is 3.93. The van der Waals surface area contributed by atoms with Crippen LogP contribution < -0.4 is 0 Å². The molecule has 0 saturated carbocycles. The highest BCUT2D eigenvalue weighted by Crippen LogP contribution is 2.21. The van der Waals surface area contributed by atoms with Crippen LogP contribution in [-0.2, 0) is 23.7 Å². The maximum absolute atomic E-state index is 5.83. The Morgan fingerprint density at radius 1 is 0.706 bits per heavy atom. The van der Waals surface area contributed by atoms with Crippen LogP contribution >= 0.6 is 0 Å². The zero-order chi connectivity index (χ0) is 11.5. The van der Waals surface area contributed by atoms with Crippen molar-refractivity contribution in [2.45, 2.75) is 37.3 Å². The molecule has 0 aromatic heterocycles. The molecule has 4 atom stereocenters. The fourth-order valence-corrected chi connectivity index (χ4v) is 2.02. The standard InChI is InChI=1S/C12H20O5/c1-2-10(4-14-6-12-8-16-12)17-9(1)3-13-5-11-7-15-11/h9-12H,1-8H2. The summed E-state index contributed by atoms with van der Waals surface area (Å²) >= 11 is 0. The minimum Gasteiger partial charge on any atom is -0.376 e. The van der Waals surface area contributed by atoms with Gasteiger partial charge in [0.25, 0.3) is 0 Å².